The standard InChI is InChI=1S/C12H20N2O3S/c1-10(2)17-9-5-8-14-11-6-3-4-7-12(11)18(13,15)16/h3-4,6-7,10,14H,5,8-9H2,1-2H3,(H2,13,15,16). The molecule has 0 aliphatic carbocycles. The van der Waals surface area contributed by atoms with Crippen molar-refractivity contribution in [2.24, 2.45) is 5.14 Å². The molecule has 0 spiro atoms. The van der Waals surface area contributed by atoms with Crippen LogP contribution >= 0.6 is 0 Å². The van der Waals surface area contributed by atoms with Gasteiger partial charge < -0.3 is 10.1 Å². The molecule has 0 saturated heterocycles. The molecule has 3 N–H and O–H groups in total. The number of nitrogens with two attached hydrogens (primary N) is 1. The van der Waals surface area contributed by atoms with Gasteiger partial charge in [-0.15, -0.1) is 0 Å². The fourth-order valence-electron chi connectivity index (χ4n) is 1.48. The molecule has 0 fully saturated rings. The number of hydrogen-bond donors (Lipinski definition) is 2. The maximum absolute atomic E-state index is 11.3. The molecule has 0 heterocycles. The van der Waals surface area contributed by atoms with Crippen LogP contribution < -0.4 is 10.5 Å². The second-order valence-electron chi connectivity index (χ2n) is 4.24. The van der Waals surface area contributed by atoms with Crippen LogP contribution in [0.15, 0.2) is 29.2 Å². The lowest BCUT2D eigenvalue weighted by Crippen LogP contribution is -2.16. The lowest BCUT2D eigenvalue weighted by Gasteiger charge is -2.11. The molecule has 1 aromatic carbocycles. The summed E-state index contributed by atoms with van der Waals surface area (Å²) < 4.78 is 28.1. The van der Waals surface area contributed by atoms with Crippen molar-refractivity contribution >= 4 is 15.7 Å². The van der Waals surface area contributed by atoms with E-state index in [0.29, 0.717) is 18.8 Å². The molecule has 102 valence electrons. The fraction of sp³-hybridized carbons (Fsp3) is 0.500. The second kappa shape index (κ2) is 6.72. The van der Waals surface area contributed by atoms with Gasteiger partial charge in [-0.1, -0.05) is 12.1 Å². The highest BCUT2D eigenvalue weighted by Crippen LogP contribution is 2.18. The van der Waals surface area contributed by atoms with Crippen molar-refractivity contribution in [3.8, 4) is 0 Å². The van der Waals surface area contributed by atoms with E-state index in [2.05, 4.69) is 5.32 Å². The summed E-state index contributed by atoms with van der Waals surface area (Å²) in [6.45, 7) is 5.23. The van der Waals surface area contributed by atoms with E-state index < -0.39 is 10.0 Å². The summed E-state index contributed by atoms with van der Waals surface area (Å²) in [6, 6.07) is 6.60. The Hall–Kier alpha value is -1.11. The van der Waals surface area contributed by atoms with E-state index in [1.165, 1.54) is 6.07 Å². The summed E-state index contributed by atoms with van der Waals surface area (Å²) in [5.74, 6) is 0. The van der Waals surface area contributed by atoms with Gasteiger partial charge in [-0.05, 0) is 32.4 Å². The van der Waals surface area contributed by atoms with Crippen LogP contribution in [0, 0.1) is 0 Å². The summed E-state index contributed by atoms with van der Waals surface area (Å²) in [7, 11) is -3.68. The number of hydrogen-bond acceptors (Lipinski definition) is 4. The summed E-state index contributed by atoms with van der Waals surface area (Å²) in [6.07, 6.45) is 1.01. The number of benzene rings is 1. The van der Waals surface area contributed by atoms with E-state index in [4.69, 9.17) is 9.88 Å². The number of primary sulfonamides is 1. The molecule has 1 rings (SSSR count). The molecule has 0 aliphatic heterocycles. The average Bonchev–Trinajstić information content (AvgIpc) is 2.27. The predicted molar refractivity (Wildman–Crippen MR) is 72.0 cm³/mol. The first-order chi connectivity index (χ1) is 8.41. The van der Waals surface area contributed by atoms with Gasteiger partial charge in [0.15, 0.2) is 0 Å². The number of anilines is 1. The molecular formula is C12H20N2O3S. The number of rotatable bonds is 7. The first-order valence-corrected chi connectivity index (χ1v) is 7.43. The molecule has 0 aliphatic rings. The summed E-state index contributed by atoms with van der Waals surface area (Å²) in [5.41, 5.74) is 0.532. The van der Waals surface area contributed by atoms with E-state index in [-0.39, 0.29) is 11.0 Å². The van der Waals surface area contributed by atoms with Crippen molar-refractivity contribution in [1.82, 2.24) is 0 Å². The van der Waals surface area contributed by atoms with Gasteiger partial charge >= 0.3 is 0 Å². The Balaban J connectivity index is 2.53. The minimum Gasteiger partial charge on any atom is -0.384 e. The van der Waals surface area contributed by atoms with Gasteiger partial charge in [0.05, 0.1) is 11.8 Å². The Bertz CT molecular complexity index is 472. The van der Waals surface area contributed by atoms with E-state index in [9.17, 15) is 8.42 Å². The highest BCUT2D eigenvalue weighted by atomic mass is 32.2. The Morgan fingerprint density at radius 2 is 2.00 bits per heavy atom. The number of ether oxygens (including phenoxy) is 1. The van der Waals surface area contributed by atoms with Crippen LogP contribution in [0.5, 0.6) is 0 Å². The van der Waals surface area contributed by atoms with Gasteiger partial charge in [0.1, 0.15) is 4.90 Å². The third kappa shape index (κ3) is 5.03. The van der Waals surface area contributed by atoms with Crippen molar-refractivity contribution in [2.45, 2.75) is 31.3 Å². The smallest absolute Gasteiger partial charge is 0.240 e. The van der Waals surface area contributed by atoms with E-state index in [1.54, 1.807) is 18.2 Å². The fourth-order valence-corrected chi connectivity index (χ4v) is 2.19. The van der Waals surface area contributed by atoms with Crippen LogP contribution in [0.1, 0.15) is 20.3 Å². The van der Waals surface area contributed by atoms with Gasteiger partial charge in [0.25, 0.3) is 0 Å². The average molecular weight is 272 g/mol. The third-order valence-electron chi connectivity index (χ3n) is 2.28. The van der Waals surface area contributed by atoms with E-state index >= 15 is 0 Å². The van der Waals surface area contributed by atoms with Crippen molar-refractivity contribution in [2.75, 3.05) is 18.5 Å². The van der Waals surface area contributed by atoms with Crippen LogP contribution in [-0.2, 0) is 14.8 Å². The topological polar surface area (TPSA) is 81.4 Å². The highest BCUT2D eigenvalue weighted by Gasteiger charge is 2.12. The number of sulfonamides is 1. The van der Waals surface area contributed by atoms with Gasteiger partial charge in [-0.2, -0.15) is 0 Å². The zero-order valence-corrected chi connectivity index (χ0v) is 11.5. The van der Waals surface area contributed by atoms with Crippen LogP contribution in [0.3, 0.4) is 0 Å². The minimum absolute atomic E-state index is 0.120. The maximum Gasteiger partial charge on any atom is 0.240 e. The lowest BCUT2D eigenvalue weighted by molar-refractivity contribution is 0.0787. The number of para-hydroxylation sites is 1. The van der Waals surface area contributed by atoms with Gasteiger partial charge in [0, 0.05) is 13.2 Å². The van der Waals surface area contributed by atoms with Crippen LogP contribution in [-0.4, -0.2) is 27.7 Å². The molecule has 0 unspecified atom stereocenters. The molecule has 1 aromatic rings. The van der Waals surface area contributed by atoms with Crippen LogP contribution in [0.25, 0.3) is 0 Å². The van der Waals surface area contributed by atoms with Gasteiger partial charge in [0.2, 0.25) is 10.0 Å². The Labute approximate surface area is 108 Å². The second-order valence-corrected chi connectivity index (χ2v) is 5.77. The van der Waals surface area contributed by atoms with Crippen molar-refractivity contribution in [3.63, 3.8) is 0 Å². The Kier molecular flexibility index (Phi) is 5.58. The maximum atomic E-state index is 11.3. The van der Waals surface area contributed by atoms with Crippen LogP contribution in [0.4, 0.5) is 5.69 Å². The SMILES string of the molecule is CC(C)OCCCNc1ccccc1S(N)(=O)=O. The third-order valence-corrected chi connectivity index (χ3v) is 3.25. The van der Waals surface area contributed by atoms with Crippen molar-refractivity contribution in [3.05, 3.63) is 24.3 Å². The monoisotopic (exact) mass is 272 g/mol. The van der Waals surface area contributed by atoms with Gasteiger partial charge in [-0.3, -0.25) is 0 Å². The lowest BCUT2D eigenvalue weighted by atomic mass is 10.3. The normalized spacial score (nSPS) is 11.8. The summed E-state index contributed by atoms with van der Waals surface area (Å²) >= 11 is 0. The summed E-state index contributed by atoms with van der Waals surface area (Å²) in [5, 5.41) is 8.19. The Morgan fingerprint density at radius 1 is 1.33 bits per heavy atom. The molecular weight excluding hydrogens is 252 g/mol. The zero-order chi connectivity index (χ0) is 13.6. The zero-order valence-electron chi connectivity index (χ0n) is 10.7. The summed E-state index contributed by atoms with van der Waals surface area (Å²) in [4.78, 5) is 0.120. The quantitative estimate of drug-likeness (QED) is 0.738. The molecule has 0 aromatic heterocycles. The number of nitrogens with one attached hydrogen (secondary N) is 1. The van der Waals surface area contributed by atoms with Gasteiger partial charge in [-0.25, -0.2) is 13.6 Å². The van der Waals surface area contributed by atoms with Crippen molar-refractivity contribution in [1.29, 1.82) is 0 Å². The first kappa shape index (κ1) is 14.9. The molecule has 6 heteroatoms. The molecule has 0 radical (unpaired) electrons. The van der Waals surface area contributed by atoms with E-state index in [0.717, 1.165) is 6.42 Å². The molecule has 5 nitrogen and oxygen atoms in total. The van der Waals surface area contributed by atoms with Crippen molar-refractivity contribution < 1.29 is 13.2 Å². The van der Waals surface area contributed by atoms with Crippen LogP contribution in [0.2, 0.25) is 0 Å². The molecule has 18 heavy (non-hydrogen) atoms. The highest BCUT2D eigenvalue weighted by molar-refractivity contribution is 7.89. The molecule has 0 saturated carbocycles. The first-order valence-electron chi connectivity index (χ1n) is 5.88. The Morgan fingerprint density at radius 3 is 2.61 bits per heavy atom. The largest absolute Gasteiger partial charge is 0.384 e. The molecule has 0 amide bonds. The van der Waals surface area contributed by atoms with E-state index in [1.807, 2.05) is 13.8 Å². The molecule has 0 atom stereocenters. The molecule has 0 bridgehead atoms. The predicted octanol–water partition coefficient (Wildman–Crippen LogP) is 1.56. The minimum atomic E-state index is -3.68.